The molecule has 0 bridgehead atoms. The van der Waals surface area contributed by atoms with Gasteiger partial charge < -0.3 is 19.4 Å². The molecule has 3 rings (SSSR count). The van der Waals surface area contributed by atoms with Crippen molar-refractivity contribution < 1.29 is 21.2 Å². The van der Waals surface area contributed by atoms with Gasteiger partial charge in [-0.2, -0.15) is 12.8 Å². The Morgan fingerprint density at radius 3 is 0.984 bits per heavy atom. The van der Waals surface area contributed by atoms with Crippen molar-refractivity contribution in [2.24, 2.45) is 0 Å². The first-order valence-electron chi connectivity index (χ1n) is 27.1. The van der Waals surface area contributed by atoms with Crippen LogP contribution in [-0.2, 0) is 55.0 Å². The fourth-order valence-electron chi connectivity index (χ4n) is 8.78. The largest absolute Gasteiger partial charge is 2.00 e. The minimum absolute atomic E-state index is 0. The van der Waals surface area contributed by atoms with Gasteiger partial charge in [-0.05, 0) is 148 Å². The van der Waals surface area contributed by atoms with Crippen molar-refractivity contribution in [2.45, 2.75) is 274 Å². The number of rotatable bonds is 33. The number of hydrogen-bond donors (Lipinski definition) is 0. The Kier molecular flexibility index (Phi) is 39.0. The van der Waals surface area contributed by atoms with Crippen molar-refractivity contribution in [3.05, 3.63) is 99.8 Å². The molecule has 1 aliphatic heterocycles. The van der Waals surface area contributed by atoms with Crippen LogP contribution >= 0.6 is 0 Å². The van der Waals surface area contributed by atoms with E-state index in [4.69, 9.17) is 0 Å². The number of hydrogen-bond acceptors (Lipinski definition) is 0. The minimum atomic E-state index is 0. The van der Waals surface area contributed by atoms with Gasteiger partial charge in [0, 0.05) is 22.8 Å². The van der Waals surface area contributed by atoms with Gasteiger partial charge in [-0.3, -0.25) is 0 Å². The third-order valence-electron chi connectivity index (χ3n) is 12.8. The molecule has 0 spiro atoms. The second-order valence-electron chi connectivity index (χ2n) is 18.5. The molecule has 0 fully saturated rings. The summed E-state index contributed by atoms with van der Waals surface area (Å²) in [7, 11) is 0. The van der Waals surface area contributed by atoms with Gasteiger partial charge in [-0.25, -0.2) is 4.70 Å². The minimum Gasteiger partial charge on any atom is -0.493 e. The van der Waals surface area contributed by atoms with E-state index in [1.54, 1.807) is 38.1 Å². The maximum absolute atomic E-state index is 12.5. The molecule has 1 aliphatic rings. The average Bonchev–Trinajstić information content (AvgIpc) is 3.62. The Balaban J connectivity index is 0.00000392. The number of nitrogens with zero attached hydrogens (tertiary/aromatic N) is 2. The summed E-state index contributed by atoms with van der Waals surface area (Å²) in [6, 6.07) is 10.0. The van der Waals surface area contributed by atoms with E-state index < -0.39 is 0 Å². The summed E-state index contributed by atoms with van der Waals surface area (Å²) < 4.78 is 1.64. The summed E-state index contributed by atoms with van der Waals surface area (Å²) in [6.45, 7) is 27.7. The van der Waals surface area contributed by atoms with Gasteiger partial charge >= 0.3 is 16.5 Å². The molecule has 0 atom stereocenters. The standard InChI is InChI=1S/C52H84N2.2C4H9.Ni/c1-8-15-22-29-34-46-41-51(47-37-42(30-23-16-9-2)49(35-27-20-13-6)43(38-47)31-24-17-10-3)54(53)52(46)48-39-44(32-25-18-11-4)50(36-28-21-14-7)45(40-48)33-26-19-12-5;2*1-3-4-2;/h37-41H,8-36H2,1-7H3;2*1,3-4H2,2H3;/q;2*-1;+2. The maximum atomic E-state index is 12.5. The summed E-state index contributed by atoms with van der Waals surface area (Å²) in [5, 5.41) is 0. The average molecular weight is 910 g/mol. The number of unbranched alkanes of at least 4 members (excludes halogenated alkanes) is 17. The SMILES string of the molecule is CCCCCCC1=C(c2cc(CCCCC)c(CCCCC)c(CCCCC)c2)[N+](=[N-])C(c2cc(CCCCC)c(CCCCC)c(CCCCC)c2)=C1.[CH2-]CCC.[CH2-]CCC.[Ni+2]. The van der Waals surface area contributed by atoms with Crippen LogP contribution in [0.1, 0.15) is 280 Å². The quantitative estimate of drug-likeness (QED) is 0.0295. The maximum Gasteiger partial charge on any atom is 2.00 e. The Morgan fingerprint density at radius 2 is 0.667 bits per heavy atom. The summed E-state index contributed by atoms with van der Waals surface area (Å²) >= 11 is 0. The molecule has 0 radical (unpaired) electrons. The first-order chi connectivity index (χ1) is 30.3. The smallest absolute Gasteiger partial charge is 0.493 e. The second kappa shape index (κ2) is 40.3. The van der Waals surface area contributed by atoms with Gasteiger partial charge in [-0.1, -0.05) is 171 Å². The molecular formula is C60H102N2Ni. The van der Waals surface area contributed by atoms with E-state index in [0.717, 1.165) is 56.3 Å². The van der Waals surface area contributed by atoms with Crippen molar-refractivity contribution >= 4 is 11.4 Å². The van der Waals surface area contributed by atoms with Crippen LogP contribution in [0.15, 0.2) is 35.9 Å². The Bertz CT molecular complexity index is 1440. The Morgan fingerprint density at radius 1 is 0.381 bits per heavy atom. The van der Waals surface area contributed by atoms with E-state index in [9.17, 15) is 5.53 Å². The van der Waals surface area contributed by atoms with Gasteiger partial charge in [0.15, 0.2) is 0 Å². The molecule has 2 nitrogen and oxygen atoms in total. The molecule has 3 heteroatoms. The van der Waals surface area contributed by atoms with Crippen molar-refractivity contribution in [3.63, 3.8) is 0 Å². The van der Waals surface area contributed by atoms with Crippen LogP contribution in [0.25, 0.3) is 16.9 Å². The van der Waals surface area contributed by atoms with Gasteiger partial charge in [0.2, 0.25) is 11.4 Å². The first kappa shape index (κ1) is 61.0. The molecule has 362 valence electrons. The molecule has 2 aromatic rings. The third-order valence-corrected chi connectivity index (χ3v) is 12.8. The molecule has 63 heavy (non-hydrogen) atoms. The van der Waals surface area contributed by atoms with Gasteiger partial charge in [0.1, 0.15) is 0 Å². The summed E-state index contributed by atoms with van der Waals surface area (Å²) in [5.74, 6) is 0. The topological polar surface area (TPSA) is 25.3 Å². The molecule has 0 aromatic heterocycles. The second-order valence-corrected chi connectivity index (χ2v) is 18.5. The van der Waals surface area contributed by atoms with Gasteiger partial charge in [0.05, 0.1) is 0 Å². The molecule has 0 saturated carbocycles. The van der Waals surface area contributed by atoms with E-state index in [2.05, 4.69) is 107 Å². The van der Waals surface area contributed by atoms with Crippen LogP contribution in [-0.4, -0.2) is 4.70 Å². The molecule has 0 unspecified atom stereocenters. The predicted molar refractivity (Wildman–Crippen MR) is 280 cm³/mol. The van der Waals surface area contributed by atoms with Crippen LogP contribution in [0.4, 0.5) is 0 Å². The molecule has 0 saturated heterocycles. The zero-order chi connectivity index (χ0) is 45.8. The van der Waals surface area contributed by atoms with Crippen molar-refractivity contribution in [1.29, 1.82) is 0 Å². The zero-order valence-corrected chi connectivity index (χ0v) is 44.3. The van der Waals surface area contributed by atoms with Crippen molar-refractivity contribution in [3.8, 4) is 0 Å². The fraction of sp³-hybridized carbons (Fsp3) is 0.700. The Hall–Kier alpha value is -1.99. The van der Waals surface area contributed by atoms with Crippen LogP contribution in [0, 0.1) is 13.8 Å². The molecular weight excluding hydrogens is 807 g/mol. The molecule has 0 amide bonds. The molecule has 0 N–H and O–H groups in total. The van der Waals surface area contributed by atoms with E-state index in [1.165, 1.54) is 184 Å². The molecule has 0 aliphatic carbocycles. The zero-order valence-electron chi connectivity index (χ0n) is 43.3. The van der Waals surface area contributed by atoms with Gasteiger partial charge in [0.25, 0.3) is 0 Å². The van der Waals surface area contributed by atoms with E-state index in [0.29, 0.717) is 0 Å². The first-order valence-corrected chi connectivity index (χ1v) is 27.1. The van der Waals surface area contributed by atoms with E-state index in [1.807, 2.05) is 0 Å². The fourth-order valence-corrected chi connectivity index (χ4v) is 8.78. The van der Waals surface area contributed by atoms with Crippen LogP contribution in [0.2, 0.25) is 0 Å². The van der Waals surface area contributed by atoms with E-state index in [-0.39, 0.29) is 16.5 Å². The summed E-state index contributed by atoms with van der Waals surface area (Å²) in [6.07, 6.45) is 42.6. The van der Waals surface area contributed by atoms with E-state index >= 15 is 0 Å². The number of benzene rings is 2. The normalized spacial score (nSPS) is 12.2. The van der Waals surface area contributed by atoms with Crippen LogP contribution in [0.5, 0.6) is 0 Å². The molecule has 2 aromatic carbocycles. The van der Waals surface area contributed by atoms with Gasteiger partial charge in [-0.15, -0.1) is 0 Å². The Labute approximate surface area is 404 Å². The predicted octanol–water partition coefficient (Wildman–Crippen LogP) is 20.1. The van der Waals surface area contributed by atoms with Crippen molar-refractivity contribution in [2.75, 3.05) is 0 Å². The monoisotopic (exact) mass is 909 g/mol. The molecule has 1 heterocycles. The summed E-state index contributed by atoms with van der Waals surface area (Å²) in [4.78, 5) is 0. The van der Waals surface area contributed by atoms with Crippen molar-refractivity contribution in [1.82, 2.24) is 0 Å². The van der Waals surface area contributed by atoms with Crippen LogP contribution < -0.4 is 0 Å². The third kappa shape index (κ3) is 23.9. The summed E-state index contributed by atoms with van der Waals surface area (Å²) in [5.41, 5.74) is 27.8. The number of aryl methyl sites for hydroxylation is 4. The number of allylic oxidation sites excluding steroid dienone is 2. The van der Waals surface area contributed by atoms with Crippen LogP contribution in [0.3, 0.4) is 0 Å².